The molecule has 2 aromatic heterocycles. The molecule has 2 saturated heterocycles. The minimum atomic E-state index is -0.406. The van der Waals surface area contributed by atoms with Gasteiger partial charge >= 0.3 is 0 Å². The molecule has 0 bridgehead atoms. The summed E-state index contributed by atoms with van der Waals surface area (Å²) < 4.78 is 7.85. The molecule has 4 heterocycles. The maximum absolute atomic E-state index is 13.3. The van der Waals surface area contributed by atoms with Crippen molar-refractivity contribution in [2.24, 2.45) is 7.05 Å². The number of morpholine rings is 1. The third kappa shape index (κ3) is 4.72. The Balaban J connectivity index is 1.27. The Kier molecular flexibility index (Phi) is 6.15. The molecule has 8 heteroatoms. The van der Waals surface area contributed by atoms with E-state index in [2.05, 4.69) is 10.1 Å². The number of pyridine rings is 1. The molecule has 0 saturated carbocycles. The zero-order chi connectivity index (χ0) is 23.5. The number of likely N-dealkylation sites (tertiary alicyclic amines) is 1. The molecule has 2 amide bonds. The predicted molar refractivity (Wildman–Crippen MR) is 127 cm³/mol. The van der Waals surface area contributed by atoms with Crippen LogP contribution in [0.1, 0.15) is 35.2 Å². The summed E-state index contributed by atoms with van der Waals surface area (Å²) in [4.78, 5) is 34.1. The van der Waals surface area contributed by atoms with Gasteiger partial charge in [0.25, 0.3) is 5.91 Å². The minimum Gasteiger partial charge on any atom is -0.363 e. The van der Waals surface area contributed by atoms with Gasteiger partial charge in [0.05, 0.1) is 24.0 Å². The molecule has 1 unspecified atom stereocenters. The van der Waals surface area contributed by atoms with E-state index in [1.165, 1.54) is 0 Å². The molecular weight excluding hydrogens is 430 g/mol. The number of ether oxygens (including phenoxy) is 1. The summed E-state index contributed by atoms with van der Waals surface area (Å²) >= 11 is 0. The van der Waals surface area contributed by atoms with Crippen molar-refractivity contribution in [1.82, 2.24) is 24.6 Å². The van der Waals surface area contributed by atoms with Crippen LogP contribution >= 0.6 is 0 Å². The molecule has 0 aliphatic carbocycles. The summed E-state index contributed by atoms with van der Waals surface area (Å²) in [6.45, 7) is 2.50. The van der Waals surface area contributed by atoms with E-state index < -0.39 is 5.60 Å². The molecule has 2 aliphatic rings. The van der Waals surface area contributed by atoms with Crippen LogP contribution in [0, 0.1) is 0 Å². The van der Waals surface area contributed by atoms with E-state index in [9.17, 15) is 9.59 Å². The highest BCUT2D eigenvalue weighted by molar-refractivity contribution is 5.95. The van der Waals surface area contributed by atoms with Crippen LogP contribution in [0.3, 0.4) is 0 Å². The van der Waals surface area contributed by atoms with Crippen molar-refractivity contribution in [3.8, 4) is 11.3 Å². The lowest BCUT2D eigenvalue weighted by molar-refractivity contribution is -0.166. The highest BCUT2D eigenvalue weighted by atomic mass is 16.5. The molecule has 5 rings (SSSR count). The lowest BCUT2D eigenvalue weighted by atomic mass is 9.92. The number of aromatic nitrogens is 3. The number of hydrogen-bond acceptors (Lipinski definition) is 5. The molecular formula is C26H29N5O3. The fourth-order valence-electron chi connectivity index (χ4n) is 4.87. The molecule has 176 valence electrons. The van der Waals surface area contributed by atoms with Crippen LogP contribution in [0.2, 0.25) is 0 Å². The summed E-state index contributed by atoms with van der Waals surface area (Å²) in [5.41, 5.74) is 2.94. The average molecular weight is 460 g/mol. The number of benzene rings is 1. The van der Waals surface area contributed by atoms with E-state index in [0.29, 0.717) is 38.2 Å². The van der Waals surface area contributed by atoms with Gasteiger partial charge in [0.15, 0.2) is 0 Å². The molecule has 2 aliphatic heterocycles. The molecule has 0 radical (unpaired) electrons. The van der Waals surface area contributed by atoms with Gasteiger partial charge in [-0.15, -0.1) is 0 Å². The first-order chi connectivity index (χ1) is 16.5. The van der Waals surface area contributed by atoms with Crippen molar-refractivity contribution in [1.29, 1.82) is 0 Å². The number of rotatable bonds is 4. The fraction of sp³-hybridized carbons (Fsp3) is 0.385. The van der Waals surface area contributed by atoms with E-state index in [-0.39, 0.29) is 18.4 Å². The minimum absolute atomic E-state index is 0.00221. The molecule has 0 N–H and O–H groups in total. The van der Waals surface area contributed by atoms with Crippen LogP contribution in [0.25, 0.3) is 11.3 Å². The second kappa shape index (κ2) is 9.38. The summed E-state index contributed by atoms with van der Waals surface area (Å²) in [7, 11) is 1.85. The maximum atomic E-state index is 13.3. The zero-order valence-electron chi connectivity index (χ0n) is 19.4. The first-order valence-electron chi connectivity index (χ1n) is 11.7. The summed E-state index contributed by atoms with van der Waals surface area (Å²) in [6, 6.07) is 13.6. The Morgan fingerprint density at radius 3 is 2.79 bits per heavy atom. The number of nitrogens with zero attached hydrogens (tertiary/aromatic N) is 5. The second-order valence-electron chi connectivity index (χ2n) is 9.19. The average Bonchev–Trinajstić information content (AvgIpc) is 3.19. The topological polar surface area (TPSA) is 80.6 Å². The second-order valence-corrected chi connectivity index (χ2v) is 9.19. The van der Waals surface area contributed by atoms with Crippen molar-refractivity contribution in [3.63, 3.8) is 0 Å². The maximum Gasteiger partial charge on any atom is 0.253 e. The number of hydrogen-bond donors (Lipinski definition) is 0. The summed E-state index contributed by atoms with van der Waals surface area (Å²) in [6.07, 6.45) is 7.67. The van der Waals surface area contributed by atoms with E-state index in [1.54, 1.807) is 23.1 Å². The summed E-state index contributed by atoms with van der Waals surface area (Å²) in [5.74, 6) is 0.0176. The molecule has 34 heavy (non-hydrogen) atoms. The van der Waals surface area contributed by atoms with Gasteiger partial charge < -0.3 is 14.5 Å². The van der Waals surface area contributed by atoms with Crippen LogP contribution in [-0.2, 0) is 23.1 Å². The van der Waals surface area contributed by atoms with Crippen molar-refractivity contribution in [3.05, 3.63) is 72.2 Å². The van der Waals surface area contributed by atoms with Crippen LogP contribution in [-0.4, -0.2) is 68.2 Å². The Hall–Kier alpha value is -3.52. The lowest BCUT2D eigenvalue weighted by Gasteiger charge is -2.42. The fourth-order valence-corrected chi connectivity index (χ4v) is 4.87. The van der Waals surface area contributed by atoms with Gasteiger partial charge in [-0.1, -0.05) is 30.3 Å². The first-order valence-corrected chi connectivity index (χ1v) is 11.7. The van der Waals surface area contributed by atoms with Crippen molar-refractivity contribution < 1.29 is 14.3 Å². The van der Waals surface area contributed by atoms with E-state index in [0.717, 1.165) is 29.7 Å². The number of aryl methyl sites for hydroxylation is 1. The smallest absolute Gasteiger partial charge is 0.253 e. The number of amides is 2. The van der Waals surface area contributed by atoms with Crippen molar-refractivity contribution in [2.45, 2.75) is 31.4 Å². The van der Waals surface area contributed by atoms with Gasteiger partial charge in [0.2, 0.25) is 5.91 Å². The standard InChI is InChI=1S/C26H29N5O3/c1-29-17-22(15-28-29)23-14-21(8-11-27-23)25(33)30-12-5-9-26(10-13-30)19-31(24(32)18-34-26)16-20-6-3-2-4-7-20/h2-4,6-8,11,14-15,17H,5,9-10,12-13,16,18-19H2,1H3. The van der Waals surface area contributed by atoms with E-state index >= 15 is 0 Å². The van der Waals surface area contributed by atoms with Gasteiger partial charge in [-0.3, -0.25) is 19.3 Å². The highest BCUT2D eigenvalue weighted by Crippen LogP contribution is 2.32. The van der Waals surface area contributed by atoms with Crippen LogP contribution < -0.4 is 0 Å². The van der Waals surface area contributed by atoms with Gasteiger partial charge in [-0.25, -0.2) is 0 Å². The van der Waals surface area contributed by atoms with Gasteiger partial charge in [-0.05, 0) is 37.0 Å². The Morgan fingerprint density at radius 1 is 1.15 bits per heavy atom. The molecule has 8 nitrogen and oxygen atoms in total. The van der Waals surface area contributed by atoms with Crippen molar-refractivity contribution >= 4 is 11.8 Å². The normalized spacial score (nSPS) is 21.0. The third-order valence-corrected chi connectivity index (χ3v) is 6.74. The Morgan fingerprint density at radius 2 is 2.00 bits per heavy atom. The van der Waals surface area contributed by atoms with Crippen LogP contribution in [0.4, 0.5) is 0 Å². The SMILES string of the molecule is Cn1cc(-c2cc(C(=O)N3CCCC4(CC3)CN(Cc3ccccc3)C(=O)CO4)ccn2)cn1. The predicted octanol–water partition coefficient (Wildman–Crippen LogP) is 2.91. The molecule has 1 aromatic carbocycles. The third-order valence-electron chi connectivity index (χ3n) is 6.74. The Bertz CT molecular complexity index is 1180. The number of carbonyl (C=O) groups excluding carboxylic acids is 2. The molecule has 2 fully saturated rings. The largest absolute Gasteiger partial charge is 0.363 e. The Labute approximate surface area is 199 Å². The monoisotopic (exact) mass is 459 g/mol. The zero-order valence-corrected chi connectivity index (χ0v) is 19.4. The van der Waals surface area contributed by atoms with Crippen molar-refractivity contribution in [2.75, 3.05) is 26.2 Å². The van der Waals surface area contributed by atoms with Gasteiger partial charge in [-0.2, -0.15) is 5.10 Å². The van der Waals surface area contributed by atoms with Gasteiger partial charge in [0.1, 0.15) is 6.61 Å². The first kappa shape index (κ1) is 22.3. The van der Waals surface area contributed by atoms with Crippen LogP contribution in [0.15, 0.2) is 61.1 Å². The quantitative estimate of drug-likeness (QED) is 0.599. The van der Waals surface area contributed by atoms with E-state index in [4.69, 9.17) is 4.74 Å². The highest BCUT2D eigenvalue weighted by Gasteiger charge is 2.41. The summed E-state index contributed by atoms with van der Waals surface area (Å²) in [5, 5.41) is 4.20. The molecule has 1 atom stereocenters. The number of carbonyl (C=O) groups is 2. The van der Waals surface area contributed by atoms with E-state index in [1.807, 2.05) is 59.4 Å². The molecule has 3 aromatic rings. The lowest BCUT2D eigenvalue weighted by Crippen LogP contribution is -2.54. The van der Waals surface area contributed by atoms with Gasteiger partial charge in [0, 0.05) is 50.2 Å². The van der Waals surface area contributed by atoms with Crippen LogP contribution in [0.5, 0.6) is 0 Å². The molecule has 1 spiro atoms.